The second-order valence-electron chi connectivity index (χ2n) is 8.90. The number of carboxylic acid groups (broad SMARTS) is 1. The molecular formula is C28H28N2O5. The molecule has 2 N–H and O–H groups in total. The van der Waals surface area contributed by atoms with E-state index in [1.165, 1.54) is 17.0 Å². The van der Waals surface area contributed by atoms with Gasteiger partial charge in [-0.3, -0.25) is 4.79 Å². The number of carbonyl (C=O) groups is 3. The molecule has 0 spiro atoms. The predicted molar refractivity (Wildman–Crippen MR) is 132 cm³/mol. The number of ether oxygens (including phenoxy) is 1. The zero-order chi connectivity index (χ0) is 24.9. The number of amides is 2. The molecule has 1 aliphatic heterocycles. The number of nitrogens with one attached hydrogen (secondary N) is 1. The van der Waals surface area contributed by atoms with Gasteiger partial charge in [-0.1, -0.05) is 74.5 Å². The fourth-order valence-electron chi connectivity index (χ4n) is 4.49. The molecule has 180 valence electrons. The molecule has 1 unspecified atom stereocenters. The predicted octanol–water partition coefficient (Wildman–Crippen LogP) is 5.53. The number of nitrogens with zero attached hydrogens (tertiary/aromatic N) is 1. The maximum Gasteiger partial charge on any atom is 0.417 e. The molecule has 1 fully saturated rings. The first kappa shape index (κ1) is 24.0. The van der Waals surface area contributed by atoms with E-state index in [0.717, 1.165) is 11.1 Å². The average molecular weight is 473 g/mol. The number of hydrogen-bond acceptors (Lipinski definition) is 5. The molecule has 7 nitrogen and oxygen atoms in total. The number of cyclic esters (lactones) is 1. The highest BCUT2D eigenvalue weighted by Gasteiger charge is 2.45. The molecule has 3 atom stereocenters. The third kappa shape index (κ3) is 5.19. The molecule has 2 amide bonds. The van der Waals surface area contributed by atoms with Gasteiger partial charge in [-0.05, 0) is 41.3 Å². The third-order valence-electron chi connectivity index (χ3n) is 6.27. The maximum absolute atomic E-state index is 14.0. The minimum absolute atomic E-state index is 0.111. The zero-order valence-electron chi connectivity index (χ0n) is 19.6. The number of anilines is 1. The van der Waals surface area contributed by atoms with Crippen LogP contribution in [0.3, 0.4) is 0 Å². The lowest BCUT2D eigenvalue weighted by Gasteiger charge is -2.34. The molecule has 1 saturated heterocycles. The molecule has 4 rings (SSSR count). The van der Waals surface area contributed by atoms with Crippen LogP contribution in [-0.4, -0.2) is 34.6 Å². The van der Waals surface area contributed by atoms with Crippen LogP contribution < -0.4 is 5.32 Å². The smallest absolute Gasteiger partial charge is 0.417 e. The minimum atomic E-state index is -1.01. The Morgan fingerprint density at radius 3 is 2.11 bits per heavy atom. The SMILES string of the molecule is CC(C)[C@@H](C(=O)N1C(=O)OCC1c1ccccc1)[C@H](Nc1ccc(C(=O)O)cc1)c1ccccc1. The van der Waals surface area contributed by atoms with E-state index in [4.69, 9.17) is 4.74 Å². The number of imide groups is 1. The van der Waals surface area contributed by atoms with Crippen molar-refractivity contribution in [3.05, 3.63) is 102 Å². The second kappa shape index (κ2) is 10.4. The Morgan fingerprint density at radius 2 is 1.54 bits per heavy atom. The van der Waals surface area contributed by atoms with Gasteiger partial charge in [0, 0.05) is 5.69 Å². The van der Waals surface area contributed by atoms with Gasteiger partial charge in [0.2, 0.25) is 5.91 Å². The van der Waals surface area contributed by atoms with Crippen LogP contribution in [0, 0.1) is 11.8 Å². The molecule has 0 bridgehead atoms. The first-order valence-corrected chi connectivity index (χ1v) is 11.6. The summed E-state index contributed by atoms with van der Waals surface area (Å²) in [5.74, 6) is -2.05. The molecule has 0 aliphatic carbocycles. The summed E-state index contributed by atoms with van der Waals surface area (Å²) in [5, 5.41) is 12.6. The van der Waals surface area contributed by atoms with Gasteiger partial charge in [-0.15, -0.1) is 0 Å². The summed E-state index contributed by atoms with van der Waals surface area (Å²) in [5.41, 5.74) is 2.56. The summed E-state index contributed by atoms with van der Waals surface area (Å²) in [4.78, 5) is 39.3. The first-order chi connectivity index (χ1) is 16.9. The van der Waals surface area contributed by atoms with E-state index >= 15 is 0 Å². The van der Waals surface area contributed by atoms with Crippen molar-refractivity contribution >= 4 is 23.7 Å². The Kier molecular flexibility index (Phi) is 7.15. The number of carboxylic acids is 1. The molecule has 35 heavy (non-hydrogen) atoms. The number of carbonyl (C=O) groups excluding carboxylic acids is 2. The third-order valence-corrected chi connectivity index (χ3v) is 6.27. The van der Waals surface area contributed by atoms with Gasteiger partial charge < -0.3 is 15.2 Å². The molecule has 0 aromatic heterocycles. The molecule has 3 aromatic rings. The summed E-state index contributed by atoms with van der Waals surface area (Å²) in [6.07, 6.45) is -0.646. The van der Waals surface area contributed by atoms with E-state index in [2.05, 4.69) is 5.32 Å². The van der Waals surface area contributed by atoms with E-state index < -0.39 is 30.1 Å². The summed E-state index contributed by atoms with van der Waals surface area (Å²) in [6.45, 7) is 4.01. The Labute approximate surface area is 204 Å². The normalized spacial score (nSPS) is 17.1. The van der Waals surface area contributed by atoms with Crippen molar-refractivity contribution < 1.29 is 24.2 Å². The highest BCUT2D eigenvalue weighted by Crippen LogP contribution is 2.37. The van der Waals surface area contributed by atoms with Crippen molar-refractivity contribution in [2.45, 2.75) is 25.9 Å². The van der Waals surface area contributed by atoms with Gasteiger partial charge in [0.15, 0.2) is 0 Å². The van der Waals surface area contributed by atoms with Crippen molar-refractivity contribution in [3.63, 3.8) is 0 Å². The van der Waals surface area contributed by atoms with Gasteiger partial charge in [0.05, 0.1) is 17.5 Å². The first-order valence-electron chi connectivity index (χ1n) is 11.6. The van der Waals surface area contributed by atoms with Gasteiger partial charge >= 0.3 is 12.1 Å². The van der Waals surface area contributed by atoms with Crippen molar-refractivity contribution in [2.75, 3.05) is 11.9 Å². The summed E-state index contributed by atoms with van der Waals surface area (Å²) in [7, 11) is 0. The summed E-state index contributed by atoms with van der Waals surface area (Å²) in [6, 6.07) is 24.4. The lowest BCUT2D eigenvalue weighted by molar-refractivity contribution is -0.135. The fourth-order valence-corrected chi connectivity index (χ4v) is 4.49. The van der Waals surface area contributed by atoms with Gasteiger partial charge in [-0.2, -0.15) is 0 Å². The standard InChI is InChI=1S/C28H28N2O5/c1-18(2)24(26(31)30-23(17-35-28(30)34)19-9-5-3-6-10-19)25(20-11-7-4-8-12-20)29-22-15-13-21(14-16-22)27(32)33/h3-16,18,23-25,29H,17H2,1-2H3,(H,32,33)/t23?,24-,25-/m1/s1. The molecule has 3 aromatic carbocycles. The van der Waals surface area contributed by atoms with Crippen LogP contribution in [0.15, 0.2) is 84.9 Å². The van der Waals surface area contributed by atoms with Crippen LogP contribution in [0.5, 0.6) is 0 Å². The van der Waals surface area contributed by atoms with Crippen molar-refractivity contribution in [3.8, 4) is 0 Å². The Morgan fingerprint density at radius 1 is 0.943 bits per heavy atom. The van der Waals surface area contributed by atoms with Crippen LogP contribution in [0.25, 0.3) is 0 Å². The van der Waals surface area contributed by atoms with Crippen LogP contribution in [-0.2, 0) is 9.53 Å². The molecule has 0 saturated carbocycles. The zero-order valence-corrected chi connectivity index (χ0v) is 19.6. The molecule has 1 aliphatic rings. The van der Waals surface area contributed by atoms with E-state index in [1.54, 1.807) is 12.1 Å². The quantitative estimate of drug-likeness (QED) is 0.448. The molecule has 0 radical (unpaired) electrons. The van der Waals surface area contributed by atoms with E-state index in [9.17, 15) is 19.5 Å². The monoisotopic (exact) mass is 472 g/mol. The Bertz CT molecular complexity index is 1180. The fraction of sp³-hybridized carbons (Fsp3) is 0.250. The molecular weight excluding hydrogens is 444 g/mol. The van der Waals surface area contributed by atoms with Gasteiger partial charge in [-0.25, -0.2) is 14.5 Å². The number of aromatic carboxylic acids is 1. The van der Waals surface area contributed by atoms with Gasteiger partial charge in [0.1, 0.15) is 12.6 Å². The second-order valence-corrected chi connectivity index (χ2v) is 8.90. The Balaban J connectivity index is 1.71. The lowest BCUT2D eigenvalue weighted by Crippen LogP contribution is -2.44. The minimum Gasteiger partial charge on any atom is -0.478 e. The topological polar surface area (TPSA) is 95.9 Å². The van der Waals surface area contributed by atoms with Crippen molar-refractivity contribution in [1.82, 2.24) is 4.90 Å². The number of rotatable bonds is 8. The van der Waals surface area contributed by atoms with E-state index in [0.29, 0.717) is 5.69 Å². The molecule has 1 heterocycles. The lowest BCUT2D eigenvalue weighted by atomic mass is 9.82. The van der Waals surface area contributed by atoms with E-state index in [-0.39, 0.29) is 24.0 Å². The Hall–Kier alpha value is -4.13. The van der Waals surface area contributed by atoms with Crippen molar-refractivity contribution in [2.24, 2.45) is 11.8 Å². The largest absolute Gasteiger partial charge is 0.478 e. The average Bonchev–Trinajstić information content (AvgIpc) is 3.26. The van der Waals surface area contributed by atoms with Gasteiger partial charge in [0.25, 0.3) is 0 Å². The van der Waals surface area contributed by atoms with Crippen LogP contribution >= 0.6 is 0 Å². The number of benzene rings is 3. The molecule has 7 heteroatoms. The van der Waals surface area contributed by atoms with E-state index in [1.807, 2.05) is 74.5 Å². The van der Waals surface area contributed by atoms with Crippen LogP contribution in [0.2, 0.25) is 0 Å². The van der Waals surface area contributed by atoms with Crippen LogP contribution in [0.1, 0.15) is 47.4 Å². The summed E-state index contributed by atoms with van der Waals surface area (Å²) < 4.78 is 5.31. The van der Waals surface area contributed by atoms with Crippen molar-refractivity contribution in [1.29, 1.82) is 0 Å². The summed E-state index contributed by atoms with van der Waals surface area (Å²) >= 11 is 0. The van der Waals surface area contributed by atoms with Crippen LogP contribution in [0.4, 0.5) is 10.5 Å². The maximum atomic E-state index is 14.0. The highest BCUT2D eigenvalue weighted by atomic mass is 16.6. The number of hydrogen-bond donors (Lipinski definition) is 2. The highest BCUT2D eigenvalue weighted by molar-refractivity contribution is 5.95.